The van der Waals surface area contributed by atoms with E-state index in [1.807, 2.05) is 25.1 Å². The molecule has 150 valence electrons. The normalized spacial score (nSPS) is 10.2. The molecule has 0 aliphatic heterocycles. The quantitative estimate of drug-likeness (QED) is 0.438. The van der Waals surface area contributed by atoms with Crippen LogP contribution in [0.3, 0.4) is 0 Å². The molecule has 2 amide bonds. The van der Waals surface area contributed by atoms with Gasteiger partial charge in [0.2, 0.25) is 0 Å². The van der Waals surface area contributed by atoms with Crippen LogP contribution in [0.5, 0.6) is 11.5 Å². The van der Waals surface area contributed by atoms with Gasteiger partial charge in [0.05, 0.1) is 18.8 Å². The van der Waals surface area contributed by atoms with Crippen LogP contribution in [0.15, 0.2) is 35.7 Å². The molecule has 1 aromatic carbocycles. The number of primary amides is 1. The predicted octanol–water partition coefficient (Wildman–Crippen LogP) is 2.59. The van der Waals surface area contributed by atoms with E-state index in [-0.39, 0.29) is 12.0 Å². The molecule has 0 unspecified atom stereocenters. The number of anilines is 1. The fraction of sp³-hybridized carbons (Fsp3) is 0.316. The number of thiophene rings is 1. The molecule has 0 saturated carbocycles. The first-order chi connectivity index (χ1) is 13.5. The summed E-state index contributed by atoms with van der Waals surface area (Å²) < 4.78 is 16.0. The number of para-hydroxylation sites is 2. The van der Waals surface area contributed by atoms with E-state index < -0.39 is 24.4 Å². The Bertz CT molecular complexity index is 820. The summed E-state index contributed by atoms with van der Waals surface area (Å²) in [4.78, 5) is 34.8. The van der Waals surface area contributed by atoms with Crippen LogP contribution in [0.2, 0.25) is 0 Å². The number of rotatable bonds is 11. The average Bonchev–Trinajstić information content (AvgIpc) is 3.13. The van der Waals surface area contributed by atoms with Crippen molar-refractivity contribution in [2.45, 2.75) is 19.8 Å². The number of nitrogens with one attached hydrogen (secondary N) is 1. The summed E-state index contributed by atoms with van der Waals surface area (Å²) in [7, 11) is 0. The van der Waals surface area contributed by atoms with Gasteiger partial charge in [-0.05, 0) is 36.9 Å². The molecule has 0 atom stereocenters. The van der Waals surface area contributed by atoms with Crippen molar-refractivity contribution in [2.75, 3.05) is 25.1 Å². The maximum atomic E-state index is 11.8. The number of nitrogens with two attached hydrogens (primary N) is 1. The molecule has 2 rings (SSSR count). The summed E-state index contributed by atoms with van der Waals surface area (Å²) in [6.07, 6.45) is 0.535. The van der Waals surface area contributed by atoms with E-state index >= 15 is 0 Å². The Hall–Kier alpha value is -3.07. The Morgan fingerprint density at radius 2 is 1.82 bits per heavy atom. The molecular formula is C19H22N2O6S. The van der Waals surface area contributed by atoms with E-state index in [0.29, 0.717) is 36.1 Å². The number of hydrogen-bond acceptors (Lipinski definition) is 7. The van der Waals surface area contributed by atoms with Crippen LogP contribution in [0.25, 0.3) is 0 Å². The van der Waals surface area contributed by atoms with Crippen LogP contribution in [0, 0.1) is 0 Å². The Balaban J connectivity index is 1.67. The number of esters is 1. The van der Waals surface area contributed by atoms with Crippen molar-refractivity contribution in [1.29, 1.82) is 0 Å². The van der Waals surface area contributed by atoms with Gasteiger partial charge in [0.15, 0.2) is 18.1 Å². The van der Waals surface area contributed by atoms with E-state index in [9.17, 15) is 14.4 Å². The molecule has 1 heterocycles. The molecule has 8 nitrogen and oxygen atoms in total. The number of carbonyl (C=O) groups is 3. The molecule has 0 bridgehead atoms. The molecule has 2 aromatic rings. The minimum absolute atomic E-state index is 0.107. The van der Waals surface area contributed by atoms with E-state index in [1.165, 1.54) is 6.07 Å². The largest absolute Gasteiger partial charge is 0.490 e. The van der Waals surface area contributed by atoms with E-state index in [2.05, 4.69) is 5.32 Å². The van der Waals surface area contributed by atoms with Crippen LogP contribution >= 0.6 is 11.3 Å². The van der Waals surface area contributed by atoms with Gasteiger partial charge < -0.3 is 25.3 Å². The van der Waals surface area contributed by atoms with Crippen molar-refractivity contribution >= 4 is 34.1 Å². The van der Waals surface area contributed by atoms with Crippen LogP contribution in [0.4, 0.5) is 5.00 Å². The van der Waals surface area contributed by atoms with Gasteiger partial charge in [0.25, 0.3) is 11.8 Å². The third-order valence-electron chi connectivity index (χ3n) is 3.48. The average molecular weight is 406 g/mol. The monoisotopic (exact) mass is 406 g/mol. The van der Waals surface area contributed by atoms with Gasteiger partial charge >= 0.3 is 5.97 Å². The number of benzene rings is 1. The van der Waals surface area contributed by atoms with Gasteiger partial charge in [-0.3, -0.25) is 14.4 Å². The highest BCUT2D eigenvalue weighted by Crippen LogP contribution is 2.26. The summed E-state index contributed by atoms with van der Waals surface area (Å²) >= 11 is 1.16. The van der Waals surface area contributed by atoms with Crippen LogP contribution in [0.1, 0.15) is 30.1 Å². The molecule has 0 spiro atoms. The lowest BCUT2D eigenvalue weighted by atomic mass is 10.3. The van der Waals surface area contributed by atoms with Gasteiger partial charge in [0.1, 0.15) is 5.00 Å². The fourth-order valence-corrected chi connectivity index (χ4v) is 3.03. The van der Waals surface area contributed by atoms with Gasteiger partial charge in [-0.25, -0.2) is 0 Å². The third-order valence-corrected chi connectivity index (χ3v) is 4.31. The van der Waals surface area contributed by atoms with Crippen LogP contribution < -0.4 is 20.5 Å². The topological polar surface area (TPSA) is 117 Å². The molecule has 0 fully saturated rings. The molecule has 9 heteroatoms. The number of ether oxygens (including phenoxy) is 3. The Kier molecular flexibility index (Phi) is 8.29. The zero-order chi connectivity index (χ0) is 20.4. The van der Waals surface area contributed by atoms with Crippen molar-refractivity contribution in [3.8, 4) is 11.5 Å². The second-order valence-electron chi connectivity index (χ2n) is 5.57. The van der Waals surface area contributed by atoms with Crippen molar-refractivity contribution in [2.24, 2.45) is 5.73 Å². The highest BCUT2D eigenvalue weighted by atomic mass is 32.1. The minimum atomic E-state index is -0.639. The summed E-state index contributed by atoms with van der Waals surface area (Å²) in [5.74, 6) is -0.441. The second kappa shape index (κ2) is 10.9. The first-order valence-corrected chi connectivity index (χ1v) is 9.56. The van der Waals surface area contributed by atoms with E-state index in [0.717, 1.165) is 11.3 Å². The first-order valence-electron chi connectivity index (χ1n) is 8.68. The molecule has 3 N–H and O–H groups in total. The van der Waals surface area contributed by atoms with Crippen LogP contribution in [-0.2, 0) is 14.3 Å². The molecule has 1 aromatic heterocycles. The van der Waals surface area contributed by atoms with Crippen molar-refractivity contribution in [3.63, 3.8) is 0 Å². The lowest BCUT2D eigenvalue weighted by Gasteiger charge is -2.11. The van der Waals surface area contributed by atoms with E-state index in [4.69, 9.17) is 19.9 Å². The maximum Gasteiger partial charge on any atom is 0.306 e. The standard InChI is InChI=1S/C19H22N2O6S/c1-2-25-14-6-3-4-7-15(14)26-10-5-8-17(23)27-12-16(22)21-19-13(18(20)24)9-11-28-19/h3-4,6-7,9,11H,2,5,8,10,12H2,1H3,(H2,20,24)(H,21,22). The SMILES string of the molecule is CCOc1ccccc1OCCCC(=O)OCC(=O)Nc1sccc1C(N)=O. The Labute approximate surface area is 166 Å². The van der Waals surface area contributed by atoms with Gasteiger partial charge in [-0.2, -0.15) is 0 Å². The number of amides is 2. The number of hydrogen-bond donors (Lipinski definition) is 2. The fourth-order valence-electron chi connectivity index (χ4n) is 2.22. The molecule has 28 heavy (non-hydrogen) atoms. The van der Waals surface area contributed by atoms with Gasteiger partial charge in [-0.15, -0.1) is 11.3 Å². The zero-order valence-electron chi connectivity index (χ0n) is 15.4. The first kappa shape index (κ1) is 21.2. The third kappa shape index (κ3) is 6.58. The van der Waals surface area contributed by atoms with Crippen molar-refractivity contribution in [3.05, 3.63) is 41.3 Å². The number of carbonyl (C=O) groups excluding carboxylic acids is 3. The minimum Gasteiger partial charge on any atom is -0.490 e. The highest BCUT2D eigenvalue weighted by Gasteiger charge is 2.14. The maximum absolute atomic E-state index is 11.8. The zero-order valence-corrected chi connectivity index (χ0v) is 16.3. The van der Waals surface area contributed by atoms with Crippen molar-refractivity contribution < 1.29 is 28.6 Å². The van der Waals surface area contributed by atoms with Gasteiger partial charge in [-0.1, -0.05) is 12.1 Å². The summed E-state index contributed by atoms with van der Waals surface area (Å²) in [5, 5.41) is 4.46. The summed E-state index contributed by atoms with van der Waals surface area (Å²) in [6, 6.07) is 8.80. The smallest absolute Gasteiger partial charge is 0.306 e. The highest BCUT2D eigenvalue weighted by molar-refractivity contribution is 7.14. The molecular weight excluding hydrogens is 384 g/mol. The molecule has 0 aliphatic carbocycles. The second-order valence-corrected chi connectivity index (χ2v) is 6.48. The lowest BCUT2D eigenvalue weighted by Crippen LogP contribution is -2.22. The molecule has 0 aliphatic rings. The Morgan fingerprint density at radius 1 is 1.11 bits per heavy atom. The molecule has 0 radical (unpaired) electrons. The van der Waals surface area contributed by atoms with E-state index in [1.54, 1.807) is 11.4 Å². The van der Waals surface area contributed by atoms with Gasteiger partial charge in [0, 0.05) is 6.42 Å². The lowest BCUT2D eigenvalue weighted by molar-refractivity contribution is -0.147. The van der Waals surface area contributed by atoms with Crippen LogP contribution in [-0.4, -0.2) is 37.6 Å². The summed E-state index contributed by atoms with van der Waals surface area (Å²) in [5.41, 5.74) is 5.42. The Morgan fingerprint density at radius 3 is 2.50 bits per heavy atom. The molecule has 0 saturated heterocycles. The van der Waals surface area contributed by atoms with Crippen molar-refractivity contribution in [1.82, 2.24) is 0 Å². The predicted molar refractivity (Wildman–Crippen MR) is 105 cm³/mol. The summed E-state index contributed by atoms with van der Waals surface area (Å²) in [6.45, 7) is 2.28.